The van der Waals surface area contributed by atoms with Crippen LogP contribution in [-0.4, -0.2) is 26.5 Å². The number of aromatic amines is 2. The van der Waals surface area contributed by atoms with Gasteiger partial charge in [0.1, 0.15) is 5.82 Å². The third-order valence-corrected chi connectivity index (χ3v) is 6.37. The largest absolute Gasteiger partial charge is 0.342 e. The van der Waals surface area contributed by atoms with E-state index in [9.17, 15) is 4.79 Å². The van der Waals surface area contributed by atoms with Gasteiger partial charge in [0.05, 0.1) is 27.6 Å². The molecule has 0 spiro atoms. The van der Waals surface area contributed by atoms with Crippen LogP contribution in [0.25, 0.3) is 44.3 Å². The first-order chi connectivity index (χ1) is 17.7. The van der Waals surface area contributed by atoms with Crippen molar-refractivity contribution in [3.63, 3.8) is 0 Å². The number of H-pyrrole nitrogens is 2. The van der Waals surface area contributed by atoms with Crippen molar-refractivity contribution in [2.75, 3.05) is 6.54 Å². The first-order valence-electron chi connectivity index (χ1n) is 12.1. The van der Waals surface area contributed by atoms with E-state index in [4.69, 9.17) is 4.98 Å². The highest BCUT2D eigenvalue weighted by Gasteiger charge is 2.13. The Hall–Kier alpha value is -4.55. The van der Waals surface area contributed by atoms with Crippen LogP contribution in [0.2, 0.25) is 0 Å². The summed E-state index contributed by atoms with van der Waals surface area (Å²) in [4.78, 5) is 28.1. The molecular weight excluding hydrogens is 446 g/mol. The molecule has 0 aliphatic carbocycles. The van der Waals surface area contributed by atoms with E-state index in [1.807, 2.05) is 66.7 Å². The van der Waals surface area contributed by atoms with Gasteiger partial charge in [-0.1, -0.05) is 66.7 Å². The molecule has 6 heteroatoms. The van der Waals surface area contributed by atoms with Crippen LogP contribution >= 0.6 is 0 Å². The molecule has 0 unspecified atom stereocenters. The molecule has 3 N–H and O–H groups in total. The highest BCUT2D eigenvalue weighted by molar-refractivity contribution is 5.91. The molecule has 0 bridgehead atoms. The van der Waals surface area contributed by atoms with Gasteiger partial charge >= 0.3 is 0 Å². The predicted molar refractivity (Wildman–Crippen MR) is 145 cm³/mol. The van der Waals surface area contributed by atoms with Crippen molar-refractivity contribution in [2.45, 2.75) is 13.0 Å². The summed E-state index contributed by atoms with van der Waals surface area (Å²) in [6.07, 6.45) is 2.48. The van der Waals surface area contributed by atoms with Gasteiger partial charge in [-0.2, -0.15) is 0 Å². The number of aromatic nitrogens is 4. The van der Waals surface area contributed by atoms with Gasteiger partial charge in [0.15, 0.2) is 0 Å². The molecule has 0 aliphatic rings. The Morgan fingerprint density at radius 3 is 2.42 bits per heavy atom. The number of fused-ring (bicyclic) bond motifs is 2. The summed E-state index contributed by atoms with van der Waals surface area (Å²) in [5, 5.41) is 4.10. The number of hydrogen-bond donors (Lipinski definition) is 3. The second-order valence-corrected chi connectivity index (χ2v) is 8.81. The molecule has 0 aliphatic heterocycles. The van der Waals surface area contributed by atoms with E-state index in [1.54, 1.807) is 6.20 Å². The molecule has 6 aromatic rings. The number of hydrogen-bond acceptors (Lipinski definition) is 4. The molecule has 0 fully saturated rings. The SMILES string of the molecule is O=c1[nH]ccc2nc(-c3ccc(CNCCc4nc5ccccc5[nH]4)cc3)c(-c3ccccc3)cc12. The van der Waals surface area contributed by atoms with Gasteiger partial charge in [0.25, 0.3) is 5.56 Å². The topological polar surface area (TPSA) is 86.5 Å². The summed E-state index contributed by atoms with van der Waals surface area (Å²) < 4.78 is 0. The normalized spacial score (nSPS) is 11.3. The van der Waals surface area contributed by atoms with Crippen molar-refractivity contribution < 1.29 is 0 Å². The Kier molecular flexibility index (Phi) is 5.85. The van der Waals surface area contributed by atoms with Crippen LogP contribution in [-0.2, 0) is 13.0 Å². The zero-order valence-electron chi connectivity index (χ0n) is 19.7. The van der Waals surface area contributed by atoms with Crippen molar-refractivity contribution in [1.82, 2.24) is 25.3 Å². The summed E-state index contributed by atoms with van der Waals surface area (Å²) in [6.45, 7) is 1.60. The zero-order valence-corrected chi connectivity index (χ0v) is 19.7. The average molecular weight is 472 g/mol. The van der Waals surface area contributed by atoms with Crippen LogP contribution in [0, 0.1) is 0 Å². The van der Waals surface area contributed by atoms with E-state index < -0.39 is 0 Å². The van der Waals surface area contributed by atoms with Gasteiger partial charge in [-0.05, 0) is 35.4 Å². The molecule has 36 heavy (non-hydrogen) atoms. The predicted octanol–water partition coefficient (Wildman–Crippen LogP) is 5.47. The Morgan fingerprint density at radius 2 is 1.58 bits per heavy atom. The minimum absolute atomic E-state index is 0.132. The molecule has 176 valence electrons. The number of nitrogens with one attached hydrogen (secondary N) is 3. The van der Waals surface area contributed by atoms with E-state index in [1.165, 1.54) is 5.56 Å². The van der Waals surface area contributed by atoms with Crippen molar-refractivity contribution >= 4 is 21.9 Å². The first-order valence-corrected chi connectivity index (χ1v) is 12.1. The highest BCUT2D eigenvalue weighted by atomic mass is 16.1. The van der Waals surface area contributed by atoms with Crippen LogP contribution in [0.15, 0.2) is 102 Å². The van der Waals surface area contributed by atoms with Gasteiger partial charge in [-0.15, -0.1) is 0 Å². The summed E-state index contributed by atoms with van der Waals surface area (Å²) >= 11 is 0. The van der Waals surface area contributed by atoms with E-state index in [-0.39, 0.29) is 5.56 Å². The number of para-hydroxylation sites is 2. The maximum atomic E-state index is 12.4. The van der Waals surface area contributed by atoms with Crippen molar-refractivity contribution in [3.05, 3.63) is 119 Å². The number of pyridine rings is 2. The maximum absolute atomic E-state index is 12.4. The Morgan fingerprint density at radius 1 is 0.778 bits per heavy atom. The Bertz CT molecular complexity index is 1670. The van der Waals surface area contributed by atoms with Crippen LogP contribution in [0.5, 0.6) is 0 Å². The molecule has 0 radical (unpaired) electrons. The first kappa shape index (κ1) is 21.9. The minimum atomic E-state index is -0.132. The Labute approximate surface area is 208 Å². The molecule has 0 atom stereocenters. The molecule has 0 saturated heterocycles. The zero-order chi connectivity index (χ0) is 24.3. The highest BCUT2D eigenvalue weighted by Crippen LogP contribution is 2.32. The fraction of sp³-hybridized carbons (Fsp3) is 0.100. The second-order valence-electron chi connectivity index (χ2n) is 8.81. The lowest BCUT2D eigenvalue weighted by Gasteiger charge is -2.12. The molecule has 3 heterocycles. The lowest BCUT2D eigenvalue weighted by molar-refractivity contribution is 0.675. The fourth-order valence-corrected chi connectivity index (χ4v) is 4.51. The van der Waals surface area contributed by atoms with Crippen molar-refractivity contribution in [1.29, 1.82) is 0 Å². The number of imidazole rings is 1. The third kappa shape index (κ3) is 4.42. The van der Waals surface area contributed by atoms with Gasteiger partial charge < -0.3 is 15.3 Å². The number of rotatable bonds is 7. The molecule has 0 amide bonds. The summed E-state index contributed by atoms with van der Waals surface area (Å²) in [5.74, 6) is 0.994. The van der Waals surface area contributed by atoms with E-state index in [0.29, 0.717) is 10.9 Å². The number of nitrogens with zero attached hydrogens (tertiary/aromatic N) is 2. The van der Waals surface area contributed by atoms with Crippen molar-refractivity contribution in [2.24, 2.45) is 0 Å². The van der Waals surface area contributed by atoms with Gasteiger partial charge in [0, 0.05) is 36.8 Å². The maximum Gasteiger partial charge on any atom is 0.257 e. The van der Waals surface area contributed by atoms with Gasteiger partial charge in [0.2, 0.25) is 0 Å². The summed E-state index contributed by atoms with van der Waals surface area (Å²) in [6, 6.07) is 30.4. The van der Waals surface area contributed by atoms with E-state index in [2.05, 4.69) is 44.5 Å². The molecular formula is C30H25N5O. The number of benzene rings is 3. The van der Waals surface area contributed by atoms with Crippen LogP contribution < -0.4 is 10.9 Å². The summed E-state index contributed by atoms with van der Waals surface area (Å²) in [5.41, 5.74) is 7.68. The van der Waals surface area contributed by atoms with E-state index in [0.717, 1.165) is 58.8 Å². The average Bonchev–Trinajstić information content (AvgIpc) is 3.35. The third-order valence-electron chi connectivity index (χ3n) is 6.37. The lowest BCUT2D eigenvalue weighted by Crippen LogP contribution is -2.17. The van der Waals surface area contributed by atoms with Gasteiger partial charge in [-0.3, -0.25) is 4.79 Å². The van der Waals surface area contributed by atoms with E-state index >= 15 is 0 Å². The molecule has 0 saturated carbocycles. The minimum Gasteiger partial charge on any atom is -0.342 e. The van der Waals surface area contributed by atoms with Gasteiger partial charge in [-0.25, -0.2) is 9.97 Å². The van der Waals surface area contributed by atoms with Crippen LogP contribution in [0.1, 0.15) is 11.4 Å². The quantitative estimate of drug-likeness (QED) is 0.270. The molecule has 6 nitrogen and oxygen atoms in total. The lowest BCUT2D eigenvalue weighted by atomic mass is 9.97. The van der Waals surface area contributed by atoms with Crippen LogP contribution in [0.4, 0.5) is 0 Å². The standard InChI is InChI=1S/C30H25N5O/c36-30-24-18-23(21-6-2-1-3-7-21)29(35-25(24)14-17-32-30)22-12-10-20(11-13-22)19-31-16-15-28-33-26-8-4-5-9-27(26)34-28/h1-14,17-18,31H,15-16,19H2,(H,32,36)(H,33,34). The van der Waals surface area contributed by atoms with Crippen molar-refractivity contribution in [3.8, 4) is 22.4 Å². The fourth-order valence-electron chi connectivity index (χ4n) is 4.51. The Balaban J connectivity index is 1.20. The molecule has 3 aromatic carbocycles. The summed E-state index contributed by atoms with van der Waals surface area (Å²) in [7, 11) is 0. The molecule has 6 rings (SSSR count). The smallest absolute Gasteiger partial charge is 0.257 e. The second kappa shape index (κ2) is 9.60. The van der Waals surface area contributed by atoms with Crippen LogP contribution in [0.3, 0.4) is 0 Å². The molecule has 3 aromatic heterocycles. The monoisotopic (exact) mass is 471 g/mol.